The summed E-state index contributed by atoms with van der Waals surface area (Å²) in [4.78, 5) is 5.30. The molecule has 1 atom stereocenters. The molecule has 11 rings (SSSR count). The van der Waals surface area contributed by atoms with Crippen molar-refractivity contribution < 1.29 is 4.42 Å². The molecule has 0 saturated heterocycles. The van der Waals surface area contributed by atoms with Gasteiger partial charge in [0.1, 0.15) is 5.76 Å². The first-order valence-electron chi connectivity index (χ1n) is 22.7. The summed E-state index contributed by atoms with van der Waals surface area (Å²) >= 11 is 0. The number of benzene rings is 5. The molecule has 6 aromatic rings. The molecule has 306 valence electrons. The Morgan fingerprint density at radius 2 is 1.39 bits per heavy atom. The molecule has 1 unspecified atom stereocenters. The van der Waals surface area contributed by atoms with E-state index in [9.17, 15) is 0 Å². The van der Waals surface area contributed by atoms with E-state index in [1.54, 1.807) is 0 Å². The Bertz CT molecular complexity index is 2890. The monoisotopic (exact) mass is 798 g/mol. The quantitative estimate of drug-likeness (QED) is 0.162. The summed E-state index contributed by atoms with van der Waals surface area (Å²) in [6.07, 6.45) is 10.2. The summed E-state index contributed by atoms with van der Waals surface area (Å²) in [5.74, 6) is 1.39. The first-order chi connectivity index (χ1) is 29.0. The lowest BCUT2D eigenvalue weighted by Gasteiger charge is -2.45. The third kappa shape index (κ3) is 5.49. The number of hydrogen-bond donors (Lipinski definition) is 0. The Labute approximate surface area is 364 Å². The number of para-hydroxylation sites is 1. The molecule has 5 aliphatic rings. The van der Waals surface area contributed by atoms with Gasteiger partial charge in [-0.25, -0.2) is 0 Å². The Hall–Kier alpha value is -5.48. The van der Waals surface area contributed by atoms with Crippen LogP contribution in [0.15, 0.2) is 120 Å². The SMILES string of the molecule is Cc1cc2c3c4c1C1CC=CC=C1c1ccccc1N4c1cc(-c4ccccc4C(C)(C)C)ccc1B3c1oc3c(c1N2c1ccc(C(C)(C)C)cc1)C(C)(C)CCC3(C)C. The van der Waals surface area contributed by atoms with Crippen molar-refractivity contribution in [3.05, 3.63) is 154 Å². The van der Waals surface area contributed by atoms with Gasteiger partial charge in [0.15, 0.2) is 0 Å². The lowest BCUT2D eigenvalue weighted by molar-refractivity contribution is 0.282. The van der Waals surface area contributed by atoms with E-state index in [4.69, 9.17) is 4.42 Å². The summed E-state index contributed by atoms with van der Waals surface area (Å²) in [5, 5.41) is 0. The van der Waals surface area contributed by atoms with Gasteiger partial charge < -0.3 is 14.2 Å². The molecule has 0 radical (unpaired) electrons. The number of fused-ring (bicyclic) bond motifs is 12. The number of anilines is 6. The molecule has 2 aliphatic carbocycles. The molecule has 4 heterocycles. The van der Waals surface area contributed by atoms with E-state index in [2.05, 4.69) is 201 Å². The highest BCUT2D eigenvalue weighted by Crippen LogP contribution is 2.58. The molecule has 0 N–H and O–H groups in total. The summed E-state index contributed by atoms with van der Waals surface area (Å²) in [7, 11) is 0. The first kappa shape index (κ1) is 38.4. The standard InChI is InChI=1S/C57H59BN2O/c1-34-32-46-49-50-47(34)41-21-13-12-19-39(41)40-20-15-17-23-44(40)60(50)45-33-35(38-18-14-16-22-42(38)55(5,6)7)24-29-43(45)58(49)53-51(48-52(61-53)57(10,11)31-30-56(48,8)9)59(46)37-27-25-36(26-28-37)54(2,3)4/h12-20,22-29,32-33,41H,21,30-31H2,1-11H3. The Kier molecular flexibility index (Phi) is 8.06. The van der Waals surface area contributed by atoms with Gasteiger partial charge in [-0.15, -0.1) is 0 Å². The zero-order chi connectivity index (χ0) is 42.5. The minimum absolute atomic E-state index is 0.0116. The van der Waals surface area contributed by atoms with Crippen molar-refractivity contribution in [1.29, 1.82) is 0 Å². The van der Waals surface area contributed by atoms with E-state index >= 15 is 0 Å². The van der Waals surface area contributed by atoms with Crippen molar-refractivity contribution >= 4 is 63.0 Å². The van der Waals surface area contributed by atoms with Gasteiger partial charge in [0.2, 0.25) is 0 Å². The van der Waals surface area contributed by atoms with Gasteiger partial charge in [-0.05, 0) is 123 Å². The fourth-order valence-electron chi connectivity index (χ4n) is 11.7. The van der Waals surface area contributed by atoms with Crippen molar-refractivity contribution in [1.82, 2.24) is 0 Å². The maximum absolute atomic E-state index is 7.68. The van der Waals surface area contributed by atoms with E-state index in [1.165, 1.54) is 95.1 Å². The predicted molar refractivity (Wildman–Crippen MR) is 260 cm³/mol. The number of rotatable bonds is 2. The van der Waals surface area contributed by atoms with Gasteiger partial charge in [0, 0.05) is 45.2 Å². The van der Waals surface area contributed by atoms with Gasteiger partial charge in [0.05, 0.1) is 17.0 Å². The molecular formula is C57H59BN2O. The summed E-state index contributed by atoms with van der Waals surface area (Å²) in [5.41, 5.74) is 23.3. The molecule has 1 aromatic heterocycles. The van der Waals surface area contributed by atoms with Crippen molar-refractivity contribution in [2.75, 3.05) is 9.80 Å². The Morgan fingerprint density at radius 1 is 0.689 bits per heavy atom. The molecule has 0 fully saturated rings. The van der Waals surface area contributed by atoms with Crippen LogP contribution in [0.1, 0.15) is 134 Å². The average Bonchev–Trinajstić information content (AvgIpc) is 3.59. The van der Waals surface area contributed by atoms with E-state index in [0.29, 0.717) is 0 Å². The highest BCUT2D eigenvalue weighted by atomic mass is 16.3. The van der Waals surface area contributed by atoms with Crippen LogP contribution in [0.4, 0.5) is 34.1 Å². The number of hydrogen-bond acceptors (Lipinski definition) is 3. The van der Waals surface area contributed by atoms with Crippen molar-refractivity contribution in [2.24, 2.45) is 0 Å². The van der Waals surface area contributed by atoms with Crippen LogP contribution in [0.2, 0.25) is 0 Å². The largest absolute Gasteiger partial charge is 0.472 e. The second-order valence-electron chi connectivity index (χ2n) is 22.0. The van der Waals surface area contributed by atoms with Gasteiger partial charge in [-0.1, -0.05) is 154 Å². The minimum atomic E-state index is -0.0971. The van der Waals surface area contributed by atoms with E-state index in [1.807, 2.05) is 0 Å². The van der Waals surface area contributed by atoms with Crippen LogP contribution >= 0.6 is 0 Å². The van der Waals surface area contributed by atoms with Crippen LogP contribution in [0.5, 0.6) is 0 Å². The number of allylic oxidation sites excluding steroid dienone is 4. The topological polar surface area (TPSA) is 19.6 Å². The van der Waals surface area contributed by atoms with Crippen LogP contribution in [0.25, 0.3) is 16.7 Å². The minimum Gasteiger partial charge on any atom is -0.472 e. The van der Waals surface area contributed by atoms with Crippen molar-refractivity contribution in [2.45, 2.75) is 123 Å². The molecule has 4 heteroatoms. The van der Waals surface area contributed by atoms with Crippen LogP contribution in [0, 0.1) is 6.92 Å². The molecule has 61 heavy (non-hydrogen) atoms. The van der Waals surface area contributed by atoms with Gasteiger partial charge in [-0.3, -0.25) is 0 Å². The maximum Gasteiger partial charge on any atom is 0.297 e. The molecule has 5 aromatic carbocycles. The van der Waals surface area contributed by atoms with Crippen LogP contribution in [-0.2, 0) is 21.7 Å². The van der Waals surface area contributed by atoms with Crippen molar-refractivity contribution in [3.8, 4) is 11.1 Å². The van der Waals surface area contributed by atoms with Crippen molar-refractivity contribution in [3.63, 3.8) is 0 Å². The second kappa shape index (κ2) is 12.8. The summed E-state index contributed by atoms with van der Waals surface area (Å²) in [6, 6.07) is 37.6. The number of nitrogens with zero attached hydrogens (tertiary/aromatic N) is 2. The maximum atomic E-state index is 7.68. The first-order valence-corrected chi connectivity index (χ1v) is 22.7. The second-order valence-corrected chi connectivity index (χ2v) is 22.0. The van der Waals surface area contributed by atoms with Crippen LogP contribution in [-0.4, -0.2) is 6.71 Å². The highest BCUT2D eigenvalue weighted by Gasteiger charge is 2.54. The molecule has 3 aliphatic heterocycles. The van der Waals surface area contributed by atoms with Crippen LogP contribution < -0.4 is 26.4 Å². The number of furan rings is 1. The average molecular weight is 799 g/mol. The van der Waals surface area contributed by atoms with E-state index in [-0.39, 0.29) is 34.3 Å². The van der Waals surface area contributed by atoms with Crippen LogP contribution in [0.3, 0.4) is 0 Å². The van der Waals surface area contributed by atoms with Gasteiger partial charge in [0.25, 0.3) is 6.71 Å². The zero-order valence-corrected chi connectivity index (χ0v) is 38.0. The molecule has 3 nitrogen and oxygen atoms in total. The smallest absolute Gasteiger partial charge is 0.297 e. The Morgan fingerprint density at radius 3 is 2.13 bits per heavy atom. The molecule has 0 spiro atoms. The summed E-state index contributed by atoms with van der Waals surface area (Å²) < 4.78 is 7.68. The van der Waals surface area contributed by atoms with Gasteiger partial charge >= 0.3 is 0 Å². The normalized spacial score (nSPS) is 18.9. The molecule has 0 bridgehead atoms. The zero-order valence-electron chi connectivity index (χ0n) is 38.0. The fraction of sp³-hybridized carbons (Fsp3) is 0.333. The fourth-order valence-corrected chi connectivity index (χ4v) is 11.7. The lowest BCUT2D eigenvalue weighted by Crippen LogP contribution is -2.61. The lowest BCUT2D eigenvalue weighted by atomic mass is 9.35. The Balaban J connectivity index is 1.29. The van der Waals surface area contributed by atoms with E-state index in [0.717, 1.165) is 30.7 Å². The molecule has 0 amide bonds. The third-order valence-corrected chi connectivity index (χ3v) is 15.0. The summed E-state index contributed by atoms with van der Waals surface area (Å²) in [6.45, 7) is 25.9. The predicted octanol–water partition coefficient (Wildman–Crippen LogP) is 13.7. The van der Waals surface area contributed by atoms with E-state index < -0.39 is 0 Å². The van der Waals surface area contributed by atoms with Gasteiger partial charge in [-0.2, -0.15) is 0 Å². The molecular weight excluding hydrogens is 739 g/mol. The number of aryl methyl sites for hydroxylation is 1. The third-order valence-electron chi connectivity index (χ3n) is 15.0. The highest BCUT2D eigenvalue weighted by molar-refractivity contribution is 6.99. The molecule has 0 saturated carbocycles.